The zero-order chi connectivity index (χ0) is 13.4. The van der Waals surface area contributed by atoms with Crippen molar-refractivity contribution < 1.29 is 14.6 Å². The van der Waals surface area contributed by atoms with E-state index in [1.165, 1.54) is 11.8 Å². The van der Waals surface area contributed by atoms with Gasteiger partial charge in [0, 0.05) is 11.5 Å². The van der Waals surface area contributed by atoms with Crippen molar-refractivity contribution in [2.24, 2.45) is 5.73 Å². The fraction of sp³-hybridized carbons (Fsp3) is 0.462. The number of thioether (sulfide) groups is 1. The Kier molecular flexibility index (Phi) is 6.78. The van der Waals surface area contributed by atoms with Gasteiger partial charge in [-0.3, -0.25) is 4.79 Å². The van der Waals surface area contributed by atoms with Crippen LogP contribution in [0.15, 0.2) is 30.3 Å². The first kappa shape index (κ1) is 15.0. The van der Waals surface area contributed by atoms with Crippen LogP contribution in [-0.4, -0.2) is 35.2 Å². The van der Waals surface area contributed by atoms with Crippen LogP contribution in [-0.2, 0) is 9.53 Å². The molecule has 0 amide bonds. The maximum absolute atomic E-state index is 11.3. The van der Waals surface area contributed by atoms with Crippen LogP contribution in [0.1, 0.15) is 18.6 Å². The molecule has 0 saturated heterocycles. The molecule has 0 fully saturated rings. The minimum Gasteiger partial charge on any atom is -0.465 e. The van der Waals surface area contributed by atoms with E-state index in [0.29, 0.717) is 18.1 Å². The van der Waals surface area contributed by atoms with Gasteiger partial charge in [-0.25, -0.2) is 0 Å². The van der Waals surface area contributed by atoms with Crippen LogP contribution in [0.4, 0.5) is 0 Å². The Balaban J connectivity index is 2.27. The van der Waals surface area contributed by atoms with E-state index in [2.05, 4.69) is 0 Å². The number of carbonyl (C=O) groups is 1. The summed E-state index contributed by atoms with van der Waals surface area (Å²) in [6.45, 7) is 2.08. The first-order chi connectivity index (χ1) is 8.65. The fourth-order valence-electron chi connectivity index (χ4n) is 1.40. The second-order valence-corrected chi connectivity index (χ2v) is 4.90. The molecule has 0 bridgehead atoms. The van der Waals surface area contributed by atoms with E-state index >= 15 is 0 Å². The zero-order valence-corrected chi connectivity index (χ0v) is 11.2. The van der Waals surface area contributed by atoms with Gasteiger partial charge < -0.3 is 15.6 Å². The molecule has 5 heteroatoms. The lowest BCUT2D eigenvalue weighted by Gasteiger charge is -2.13. The fourth-order valence-corrected chi connectivity index (χ4v) is 2.34. The van der Waals surface area contributed by atoms with Crippen molar-refractivity contribution in [2.75, 3.05) is 18.1 Å². The van der Waals surface area contributed by atoms with Gasteiger partial charge in [0.2, 0.25) is 0 Å². The molecule has 1 rings (SSSR count). The van der Waals surface area contributed by atoms with Crippen LogP contribution in [0, 0.1) is 0 Å². The predicted molar refractivity (Wildman–Crippen MR) is 73.3 cm³/mol. The maximum atomic E-state index is 11.3. The molecule has 18 heavy (non-hydrogen) atoms. The number of rotatable bonds is 7. The summed E-state index contributed by atoms with van der Waals surface area (Å²) in [5.41, 5.74) is 6.52. The average molecular weight is 269 g/mol. The Morgan fingerprint density at radius 2 is 2.06 bits per heavy atom. The number of nitrogens with two attached hydrogens (primary N) is 1. The largest absolute Gasteiger partial charge is 0.465 e. The smallest absolute Gasteiger partial charge is 0.323 e. The number of esters is 1. The number of hydrogen-bond acceptors (Lipinski definition) is 5. The monoisotopic (exact) mass is 269 g/mol. The minimum atomic E-state index is -0.627. The van der Waals surface area contributed by atoms with Crippen LogP contribution in [0.3, 0.4) is 0 Å². The van der Waals surface area contributed by atoms with Crippen LogP contribution >= 0.6 is 11.8 Å². The van der Waals surface area contributed by atoms with Gasteiger partial charge in [-0.1, -0.05) is 30.3 Å². The molecule has 0 aliphatic heterocycles. The first-order valence-electron chi connectivity index (χ1n) is 5.88. The third kappa shape index (κ3) is 5.08. The van der Waals surface area contributed by atoms with Gasteiger partial charge in [0.1, 0.15) is 6.04 Å². The highest BCUT2D eigenvalue weighted by Crippen LogP contribution is 2.18. The van der Waals surface area contributed by atoms with Gasteiger partial charge in [0.15, 0.2) is 0 Å². The third-order valence-electron chi connectivity index (χ3n) is 2.35. The summed E-state index contributed by atoms with van der Waals surface area (Å²) < 4.78 is 4.81. The quantitative estimate of drug-likeness (QED) is 0.731. The van der Waals surface area contributed by atoms with E-state index in [4.69, 9.17) is 10.5 Å². The van der Waals surface area contributed by atoms with Gasteiger partial charge in [-0.2, -0.15) is 11.8 Å². The molecule has 0 aliphatic rings. The van der Waals surface area contributed by atoms with Crippen molar-refractivity contribution >= 4 is 17.7 Å². The molecular formula is C13H19NO3S. The van der Waals surface area contributed by atoms with Gasteiger partial charge in [-0.05, 0) is 12.5 Å². The van der Waals surface area contributed by atoms with Gasteiger partial charge in [0.05, 0.1) is 12.7 Å². The topological polar surface area (TPSA) is 72.5 Å². The standard InChI is InChI=1S/C13H19NO3S/c1-2-17-13(16)11(14)8-18-9-12(15)10-6-4-3-5-7-10/h3-7,11-12,15H,2,8-9,14H2,1H3. The number of carbonyl (C=O) groups excluding carboxylic acids is 1. The lowest BCUT2D eigenvalue weighted by Crippen LogP contribution is -2.34. The van der Waals surface area contributed by atoms with E-state index in [-0.39, 0.29) is 5.97 Å². The summed E-state index contributed by atoms with van der Waals surface area (Å²) in [7, 11) is 0. The number of ether oxygens (including phenoxy) is 1. The van der Waals surface area contributed by atoms with Crippen molar-refractivity contribution in [3.05, 3.63) is 35.9 Å². The summed E-state index contributed by atoms with van der Waals surface area (Å²) in [4.78, 5) is 11.3. The van der Waals surface area contributed by atoms with Crippen molar-refractivity contribution in [3.63, 3.8) is 0 Å². The predicted octanol–water partition coefficient (Wildman–Crippen LogP) is 1.34. The number of aliphatic hydroxyl groups is 1. The Bertz CT molecular complexity index is 359. The molecule has 0 radical (unpaired) electrons. The summed E-state index contributed by atoms with van der Waals surface area (Å²) in [5, 5.41) is 9.90. The molecule has 0 aliphatic carbocycles. The van der Waals surface area contributed by atoms with E-state index in [1.54, 1.807) is 6.92 Å². The molecule has 0 aromatic heterocycles. The normalized spacial score (nSPS) is 13.9. The molecule has 4 nitrogen and oxygen atoms in total. The van der Waals surface area contributed by atoms with Gasteiger partial charge in [0.25, 0.3) is 0 Å². The number of benzene rings is 1. The number of aliphatic hydroxyl groups excluding tert-OH is 1. The van der Waals surface area contributed by atoms with E-state index in [9.17, 15) is 9.90 Å². The van der Waals surface area contributed by atoms with Crippen LogP contribution in [0.5, 0.6) is 0 Å². The SMILES string of the molecule is CCOC(=O)C(N)CSCC(O)c1ccccc1. The average Bonchev–Trinajstić information content (AvgIpc) is 2.39. The van der Waals surface area contributed by atoms with Crippen molar-refractivity contribution in [3.8, 4) is 0 Å². The van der Waals surface area contributed by atoms with E-state index < -0.39 is 12.1 Å². The zero-order valence-electron chi connectivity index (χ0n) is 10.4. The highest BCUT2D eigenvalue weighted by molar-refractivity contribution is 7.99. The minimum absolute atomic E-state index is 0.337. The summed E-state index contributed by atoms with van der Waals surface area (Å²) in [5.74, 6) is 0.569. The van der Waals surface area contributed by atoms with Gasteiger partial charge in [-0.15, -0.1) is 0 Å². The molecule has 1 aromatic rings. The molecule has 2 unspecified atom stereocenters. The maximum Gasteiger partial charge on any atom is 0.323 e. The molecule has 0 spiro atoms. The summed E-state index contributed by atoms with van der Waals surface area (Å²) >= 11 is 1.44. The van der Waals surface area contributed by atoms with Crippen molar-refractivity contribution in [1.29, 1.82) is 0 Å². The third-order valence-corrected chi connectivity index (χ3v) is 3.49. The summed E-state index contributed by atoms with van der Waals surface area (Å²) in [6.07, 6.45) is -0.536. The van der Waals surface area contributed by atoms with Crippen LogP contribution in [0.2, 0.25) is 0 Å². The molecule has 100 valence electrons. The highest BCUT2D eigenvalue weighted by atomic mass is 32.2. The molecular weight excluding hydrogens is 250 g/mol. The Morgan fingerprint density at radius 1 is 1.39 bits per heavy atom. The highest BCUT2D eigenvalue weighted by Gasteiger charge is 2.15. The Morgan fingerprint density at radius 3 is 2.67 bits per heavy atom. The Hall–Kier alpha value is -1.04. The Labute approximate surface area is 112 Å². The lowest BCUT2D eigenvalue weighted by molar-refractivity contribution is -0.144. The second-order valence-electron chi connectivity index (χ2n) is 3.82. The molecule has 3 N–H and O–H groups in total. The first-order valence-corrected chi connectivity index (χ1v) is 7.03. The van der Waals surface area contributed by atoms with Gasteiger partial charge >= 0.3 is 5.97 Å². The number of hydrogen-bond donors (Lipinski definition) is 2. The molecule has 2 atom stereocenters. The second kappa shape index (κ2) is 8.13. The van der Waals surface area contributed by atoms with Crippen LogP contribution < -0.4 is 5.73 Å². The molecule has 1 aromatic carbocycles. The van der Waals surface area contributed by atoms with Crippen molar-refractivity contribution in [2.45, 2.75) is 19.1 Å². The van der Waals surface area contributed by atoms with Crippen LogP contribution in [0.25, 0.3) is 0 Å². The van der Waals surface area contributed by atoms with Crippen molar-refractivity contribution in [1.82, 2.24) is 0 Å². The molecule has 0 saturated carbocycles. The van der Waals surface area contributed by atoms with E-state index in [0.717, 1.165) is 5.56 Å². The van der Waals surface area contributed by atoms with E-state index in [1.807, 2.05) is 30.3 Å². The summed E-state index contributed by atoms with van der Waals surface area (Å²) in [6, 6.07) is 8.78. The lowest BCUT2D eigenvalue weighted by atomic mass is 10.1. The molecule has 0 heterocycles.